The summed E-state index contributed by atoms with van der Waals surface area (Å²) in [4.78, 5) is 23.9. The molecule has 0 aliphatic heterocycles. The number of hydrogen-bond acceptors (Lipinski definition) is 5. The number of aryl methyl sites for hydroxylation is 1. The van der Waals surface area contributed by atoms with Crippen LogP contribution in [0.2, 0.25) is 5.02 Å². The molecule has 0 aliphatic rings. The Morgan fingerprint density at radius 1 is 1.33 bits per heavy atom. The van der Waals surface area contributed by atoms with Crippen LogP contribution < -0.4 is 10.1 Å². The standard InChI is InChI=1S/C16H18ClN3O4/c1-3-23-16(22)11-10-18-20(2)15(11)19-14(21)8-9-24-13-7-5-4-6-12(13)17/h4-7,10H,3,8-9H2,1-2H3,(H,19,21). The first-order chi connectivity index (χ1) is 11.5. The number of amides is 1. The minimum absolute atomic E-state index is 0.0959. The van der Waals surface area contributed by atoms with Crippen molar-refractivity contribution in [3.63, 3.8) is 0 Å². The molecule has 0 atom stereocenters. The summed E-state index contributed by atoms with van der Waals surface area (Å²) in [6.07, 6.45) is 1.45. The molecule has 2 aromatic rings. The molecule has 0 saturated heterocycles. The van der Waals surface area contributed by atoms with Crippen molar-refractivity contribution in [2.24, 2.45) is 7.05 Å². The lowest BCUT2D eigenvalue weighted by atomic mass is 10.3. The Morgan fingerprint density at radius 3 is 2.79 bits per heavy atom. The van der Waals surface area contributed by atoms with Crippen LogP contribution in [0.3, 0.4) is 0 Å². The molecule has 1 N–H and O–H groups in total. The largest absolute Gasteiger partial charge is 0.491 e. The van der Waals surface area contributed by atoms with Gasteiger partial charge in [-0.1, -0.05) is 23.7 Å². The van der Waals surface area contributed by atoms with Crippen molar-refractivity contribution < 1.29 is 19.1 Å². The van der Waals surface area contributed by atoms with Crippen molar-refractivity contribution in [2.75, 3.05) is 18.5 Å². The molecule has 7 nitrogen and oxygen atoms in total. The lowest BCUT2D eigenvalue weighted by molar-refractivity contribution is -0.116. The minimum Gasteiger partial charge on any atom is -0.491 e. The third kappa shape index (κ3) is 4.48. The van der Waals surface area contributed by atoms with Gasteiger partial charge in [-0.05, 0) is 19.1 Å². The number of ether oxygens (including phenoxy) is 2. The average molecular weight is 352 g/mol. The summed E-state index contributed by atoms with van der Waals surface area (Å²) in [5.41, 5.74) is 0.208. The van der Waals surface area contributed by atoms with Gasteiger partial charge in [-0.25, -0.2) is 4.79 Å². The fourth-order valence-electron chi connectivity index (χ4n) is 1.95. The number of para-hydroxylation sites is 1. The minimum atomic E-state index is -0.534. The number of nitrogens with one attached hydrogen (secondary N) is 1. The number of rotatable bonds is 7. The Labute approximate surface area is 144 Å². The maximum Gasteiger partial charge on any atom is 0.343 e. The summed E-state index contributed by atoms with van der Waals surface area (Å²) < 4.78 is 11.8. The van der Waals surface area contributed by atoms with E-state index in [1.165, 1.54) is 10.9 Å². The number of hydrogen-bond donors (Lipinski definition) is 1. The van der Waals surface area contributed by atoms with Crippen LogP contribution in [0.15, 0.2) is 30.5 Å². The normalized spacial score (nSPS) is 10.3. The molecule has 0 bridgehead atoms. The van der Waals surface area contributed by atoms with Crippen LogP contribution in [0.1, 0.15) is 23.7 Å². The fraction of sp³-hybridized carbons (Fsp3) is 0.312. The number of benzene rings is 1. The number of aromatic nitrogens is 2. The lowest BCUT2D eigenvalue weighted by Crippen LogP contribution is -2.19. The van der Waals surface area contributed by atoms with Gasteiger partial charge in [0.1, 0.15) is 17.1 Å². The number of halogens is 1. The first-order valence-electron chi connectivity index (χ1n) is 7.39. The van der Waals surface area contributed by atoms with E-state index in [0.29, 0.717) is 10.8 Å². The highest BCUT2D eigenvalue weighted by atomic mass is 35.5. The van der Waals surface area contributed by atoms with Gasteiger partial charge in [-0.15, -0.1) is 0 Å². The van der Waals surface area contributed by atoms with Gasteiger partial charge >= 0.3 is 5.97 Å². The number of nitrogens with zero attached hydrogens (tertiary/aromatic N) is 2. The molecule has 0 saturated carbocycles. The second kappa shape index (κ2) is 8.35. The van der Waals surface area contributed by atoms with Crippen LogP contribution in [-0.4, -0.2) is 34.9 Å². The van der Waals surface area contributed by atoms with Gasteiger partial charge in [0.15, 0.2) is 0 Å². The second-order valence-corrected chi connectivity index (χ2v) is 5.24. The van der Waals surface area contributed by atoms with Crippen molar-refractivity contribution in [1.29, 1.82) is 0 Å². The summed E-state index contributed by atoms with van der Waals surface area (Å²) in [6.45, 7) is 2.10. The molecule has 0 radical (unpaired) electrons. The molecule has 2 rings (SSSR count). The Balaban J connectivity index is 1.92. The van der Waals surface area contributed by atoms with Crippen LogP contribution in [0.5, 0.6) is 5.75 Å². The monoisotopic (exact) mass is 351 g/mol. The van der Waals surface area contributed by atoms with E-state index in [-0.39, 0.29) is 36.9 Å². The number of carbonyl (C=O) groups excluding carboxylic acids is 2. The van der Waals surface area contributed by atoms with E-state index in [2.05, 4.69) is 10.4 Å². The van der Waals surface area contributed by atoms with Gasteiger partial charge in [-0.2, -0.15) is 5.10 Å². The summed E-state index contributed by atoms with van der Waals surface area (Å²) in [5, 5.41) is 7.09. The van der Waals surface area contributed by atoms with Gasteiger partial charge in [0.2, 0.25) is 5.91 Å². The van der Waals surface area contributed by atoms with Crippen LogP contribution in [0, 0.1) is 0 Å². The molecule has 24 heavy (non-hydrogen) atoms. The van der Waals surface area contributed by atoms with E-state index < -0.39 is 5.97 Å². The second-order valence-electron chi connectivity index (χ2n) is 4.83. The van der Waals surface area contributed by atoms with Gasteiger partial charge in [0.25, 0.3) is 0 Å². The smallest absolute Gasteiger partial charge is 0.343 e. The van der Waals surface area contributed by atoms with Crippen LogP contribution >= 0.6 is 11.6 Å². The van der Waals surface area contributed by atoms with Gasteiger partial charge < -0.3 is 14.8 Å². The first kappa shape index (κ1) is 17.8. The topological polar surface area (TPSA) is 82.5 Å². The van der Waals surface area contributed by atoms with E-state index >= 15 is 0 Å². The van der Waals surface area contributed by atoms with Crippen LogP contribution in [0.25, 0.3) is 0 Å². The van der Waals surface area contributed by atoms with Crippen LogP contribution in [-0.2, 0) is 16.6 Å². The zero-order valence-corrected chi connectivity index (χ0v) is 14.2. The molecular weight excluding hydrogens is 334 g/mol. The fourth-order valence-corrected chi connectivity index (χ4v) is 2.14. The van der Waals surface area contributed by atoms with E-state index in [4.69, 9.17) is 21.1 Å². The molecular formula is C16H18ClN3O4. The molecule has 0 fully saturated rings. The highest BCUT2D eigenvalue weighted by molar-refractivity contribution is 6.32. The lowest BCUT2D eigenvalue weighted by Gasteiger charge is -2.10. The maximum absolute atomic E-state index is 12.1. The Bertz CT molecular complexity index is 730. The molecule has 128 valence electrons. The first-order valence-corrected chi connectivity index (χ1v) is 7.77. The molecule has 1 aromatic heterocycles. The Hall–Kier alpha value is -2.54. The molecule has 8 heteroatoms. The van der Waals surface area contributed by atoms with Crippen molar-refractivity contribution in [2.45, 2.75) is 13.3 Å². The van der Waals surface area contributed by atoms with Crippen molar-refractivity contribution in [3.05, 3.63) is 41.0 Å². The zero-order valence-electron chi connectivity index (χ0n) is 13.4. The van der Waals surface area contributed by atoms with Gasteiger partial charge in [-0.3, -0.25) is 9.48 Å². The summed E-state index contributed by atoms with van der Waals surface area (Å²) in [6, 6.07) is 7.02. The summed E-state index contributed by atoms with van der Waals surface area (Å²) in [7, 11) is 1.62. The number of anilines is 1. The Morgan fingerprint density at radius 2 is 2.08 bits per heavy atom. The molecule has 1 aromatic carbocycles. The van der Waals surface area contributed by atoms with E-state index in [1.807, 2.05) is 0 Å². The molecule has 1 heterocycles. The van der Waals surface area contributed by atoms with E-state index in [1.54, 1.807) is 38.2 Å². The quantitative estimate of drug-likeness (QED) is 0.775. The summed E-state index contributed by atoms with van der Waals surface area (Å²) >= 11 is 5.97. The third-order valence-corrected chi connectivity index (χ3v) is 3.43. The zero-order chi connectivity index (χ0) is 17.5. The van der Waals surface area contributed by atoms with Gasteiger partial charge in [0, 0.05) is 7.05 Å². The molecule has 1 amide bonds. The Kier molecular flexibility index (Phi) is 6.20. The number of esters is 1. The van der Waals surface area contributed by atoms with Crippen molar-refractivity contribution in [3.8, 4) is 5.75 Å². The predicted molar refractivity (Wildman–Crippen MR) is 89.4 cm³/mol. The predicted octanol–water partition coefficient (Wildman–Crippen LogP) is 2.66. The van der Waals surface area contributed by atoms with Gasteiger partial charge in [0.05, 0.1) is 30.9 Å². The van der Waals surface area contributed by atoms with E-state index in [9.17, 15) is 9.59 Å². The molecule has 0 unspecified atom stereocenters. The van der Waals surface area contributed by atoms with Crippen molar-refractivity contribution in [1.82, 2.24) is 9.78 Å². The van der Waals surface area contributed by atoms with E-state index in [0.717, 1.165) is 0 Å². The van der Waals surface area contributed by atoms with Crippen LogP contribution in [0.4, 0.5) is 5.82 Å². The number of carbonyl (C=O) groups is 2. The van der Waals surface area contributed by atoms with Crippen molar-refractivity contribution >= 4 is 29.3 Å². The molecule has 0 aliphatic carbocycles. The summed E-state index contributed by atoms with van der Waals surface area (Å²) in [5.74, 6) is -0.0414. The maximum atomic E-state index is 12.1. The molecule has 0 spiro atoms. The highest BCUT2D eigenvalue weighted by Gasteiger charge is 2.19. The SMILES string of the molecule is CCOC(=O)c1cnn(C)c1NC(=O)CCOc1ccccc1Cl. The average Bonchev–Trinajstić information content (AvgIpc) is 2.90. The highest BCUT2D eigenvalue weighted by Crippen LogP contribution is 2.23. The third-order valence-electron chi connectivity index (χ3n) is 3.12.